The van der Waals surface area contributed by atoms with E-state index < -0.39 is 0 Å². The molecular weight excluding hydrogens is 242 g/mol. The van der Waals surface area contributed by atoms with Crippen molar-refractivity contribution in [3.05, 3.63) is 71.8 Å². The summed E-state index contributed by atoms with van der Waals surface area (Å²) in [6.07, 6.45) is 0. The Hall–Kier alpha value is -2.12. The molecule has 3 rings (SSSR count). The van der Waals surface area contributed by atoms with E-state index in [1.165, 1.54) is 33.0 Å². The molecule has 1 unspecified atom stereocenters. The summed E-state index contributed by atoms with van der Waals surface area (Å²) in [6.45, 7) is 4.19. The minimum absolute atomic E-state index is 0.0336. The largest absolute Gasteiger partial charge is 0.324 e. The monoisotopic (exact) mass is 261 g/mol. The van der Waals surface area contributed by atoms with E-state index in [0.29, 0.717) is 0 Å². The van der Waals surface area contributed by atoms with Gasteiger partial charge in [0.25, 0.3) is 0 Å². The first kappa shape index (κ1) is 12.9. The maximum absolute atomic E-state index is 6.13. The molecule has 0 aliphatic heterocycles. The summed E-state index contributed by atoms with van der Waals surface area (Å²) in [5.74, 6) is 0. The number of aryl methyl sites for hydroxylation is 1. The van der Waals surface area contributed by atoms with Gasteiger partial charge in [-0.05, 0) is 46.9 Å². The van der Waals surface area contributed by atoms with Gasteiger partial charge in [-0.25, -0.2) is 0 Å². The van der Waals surface area contributed by atoms with Crippen molar-refractivity contribution < 1.29 is 0 Å². The van der Waals surface area contributed by atoms with Crippen molar-refractivity contribution in [2.45, 2.75) is 19.9 Å². The Morgan fingerprint density at radius 1 is 0.750 bits per heavy atom. The van der Waals surface area contributed by atoms with E-state index in [9.17, 15) is 0 Å². The van der Waals surface area contributed by atoms with Gasteiger partial charge < -0.3 is 5.73 Å². The molecule has 20 heavy (non-hydrogen) atoms. The predicted octanol–water partition coefficient (Wildman–Crippen LogP) is 4.83. The quantitative estimate of drug-likeness (QED) is 0.702. The summed E-state index contributed by atoms with van der Waals surface area (Å²) in [4.78, 5) is 0. The van der Waals surface area contributed by atoms with Crippen LogP contribution in [0, 0.1) is 6.92 Å². The van der Waals surface area contributed by atoms with E-state index in [-0.39, 0.29) is 6.04 Å². The first-order chi connectivity index (χ1) is 9.68. The van der Waals surface area contributed by atoms with Crippen LogP contribution in [0.4, 0.5) is 0 Å². The molecule has 0 spiro atoms. The molecule has 0 aliphatic carbocycles. The highest BCUT2D eigenvalue weighted by atomic mass is 14.6. The Morgan fingerprint density at radius 2 is 1.40 bits per heavy atom. The van der Waals surface area contributed by atoms with E-state index in [2.05, 4.69) is 67.6 Å². The van der Waals surface area contributed by atoms with Crippen molar-refractivity contribution in [1.29, 1.82) is 0 Å². The van der Waals surface area contributed by atoms with Crippen LogP contribution in [0.2, 0.25) is 0 Å². The van der Waals surface area contributed by atoms with E-state index in [4.69, 9.17) is 5.73 Å². The van der Waals surface area contributed by atoms with Gasteiger partial charge >= 0.3 is 0 Å². The number of nitrogens with two attached hydrogens (primary N) is 1. The number of hydrogen-bond donors (Lipinski definition) is 1. The third kappa shape index (κ3) is 2.10. The normalized spacial score (nSPS) is 12.6. The fourth-order valence-electron chi connectivity index (χ4n) is 2.82. The Labute approximate surface area is 120 Å². The summed E-state index contributed by atoms with van der Waals surface area (Å²) in [7, 11) is 0. The highest BCUT2D eigenvalue weighted by Crippen LogP contribution is 2.34. The van der Waals surface area contributed by atoms with Crippen LogP contribution in [0.15, 0.2) is 60.7 Å². The van der Waals surface area contributed by atoms with Crippen molar-refractivity contribution in [2.24, 2.45) is 5.73 Å². The molecule has 3 aromatic rings. The standard InChI is InChI=1S/C19H19N/c1-13-11-12-19(17-9-5-3-7-15(13)17)18-10-6-4-8-16(18)14(2)20/h3-12,14H,20H2,1-2H3. The van der Waals surface area contributed by atoms with Gasteiger partial charge in [0.1, 0.15) is 0 Å². The Kier molecular flexibility index (Phi) is 3.29. The molecular formula is C19H19N. The SMILES string of the molecule is Cc1ccc(-c2ccccc2C(C)N)c2ccccc12. The summed E-state index contributed by atoms with van der Waals surface area (Å²) >= 11 is 0. The maximum atomic E-state index is 6.13. The minimum atomic E-state index is 0.0336. The molecule has 0 amide bonds. The second-order valence-corrected chi connectivity index (χ2v) is 5.35. The van der Waals surface area contributed by atoms with Gasteiger partial charge in [0.15, 0.2) is 0 Å². The van der Waals surface area contributed by atoms with Crippen molar-refractivity contribution in [1.82, 2.24) is 0 Å². The molecule has 0 bridgehead atoms. The highest BCUT2D eigenvalue weighted by molar-refractivity contribution is 5.99. The van der Waals surface area contributed by atoms with Gasteiger partial charge in [0.2, 0.25) is 0 Å². The Morgan fingerprint density at radius 3 is 2.15 bits per heavy atom. The fraction of sp³-hybridized carbons (Fsp3) is 0.158. The molecule has 0 saturated carbocycles. The second-order valence-electron chi connectivity index (χ2n) is 5.35. The molecule has 2 N–H and O–H groups in total. The Balaban J connectivity index is 2.34. The molecule has 1 nitrogen and oxygen atoms in total. The van der Waals surface area contributed by atoms with Crippen LogP contribution in [-0.2, 0) is 0 Å². The highest BCUT2D eigenvalue weighted by Gasteiger charge is 2.11. The van der Waals surface area contributed by atoms with Crippen LogP contribution in [0.1, 0.15) is 24.1 Å². The molecule has 0 heterocycles. The van der Waals surface area contributed by atoms with Crippen molar-refractivity contribution >= 4 is 10.8 Å². The average molecular weight is 261 g/mol. The maximum Gasteiger partial charge on any atom is 0.0272 e. The van der Waals surface area contributed by atoms with Crippen LogP contribution < -0.4 is 5.73 Å². The average Bonchev–Trinajstić information content (AvgIpc) is 2.48. The number of fused-ring (bicyclic) bond motifs is 1. The van der Waals surface area contributed by atoms with Gasteiger partial charge in [-0.1, -0.05) is 60.7 Å². The topological polar surface area (TPSA) is 26.0 Å². The Bertz CT molecular complexity index is 757. The first-order valence-electron chi connectivity index (χ1n) is 7.01. The van der Waals surface area contributed by atoms with Crippen molar-refractivity contribution in [3.63, 3.8) is 0 Å². The third-order valence-electron chi connectivity index (χ3n) is 3.88. The molecule has 0 aliphatic rings. The molecule has 0 fully saturated rings. The summed E-state index contributed by atoms with van der Waals surface area (Å²) in [5, 5.41) is 2.60. The van der Waals surface area contributed by atoms with Crippen LogP contribution in [0.25, 0.3) is 21.9 Å². The molecule has 1 atom stereocenters. The van der Waals surface area contributed by atoms with Gasteiger partial charge in [0.05, 0.1) is 0 Å². The lowest BCUT2D eigenvalue weighted by atomic mass is 9.91. The summed E-state index contributed by atoms with van der Waals surface area (Å²) < 4.78 is 0. The number of benzene rings is 3. The van der Waals surface area contributed by atoms with Gasteiger partial charge in [-0.15, -0.1) is 0 Å². The van der Waals surface area contributed by atoms with Crippen LogP contribution in [-0.4, -0.2) is 0 Å². The smallest absolute Gasteiger partial charge is 0.0272 e. The zero-order chi connectivity index (χ0) is 14.1. The second kappa shape index (κ2) is 5.10. The zero-order valence-electron chi connectivity index (χ0n) is 11.9. The summed E-state index contributed by atoms with van der Waals surface area (Å²) in [6, 6.07) is 21.4. The number of rotatable bonds is 2. The van der Waals surface area contributed by atoms with Gasteiger partial charge in [-0.2, -0.15) is 0 Å². The lowest BCUT2D eigenvalue weighted by Gasteiger charge is -2.15. The van der Waals surface area contributed by atoms with Crippen LogP contribution in [0.3, 0.4) is 0 Å². The predicted molar refractivity (Wildman–Crippen MR) is 86.7 cm³/mol. The molecule has 0 aromatic heterocycles. The first-order valence-corrected chi connectivity index (χ1v) is 7.01. The van der Waals surface area contributed by atoms with Gasteiger partial charge in [-0.3, -0.25) is 0 Å². The molecule has 3 aromatic carbocycles. The molecule has 0 saturated heterocycles. The zero-order valence-corrected chi connectivity index (χ0v) is 11.9. The third-order valence-corrected chi connectivity index (χ3v) is 3.88. The van der Waals surface area contributed by atoms with E-state index in [1.807, 2.05) is 6.92 Å². The van der Waals surface area contributed by atoms with Crippen LogP contribution in [0.5, 0.6) is 0 Å². The molecule has 0 radical (unpaired) electrons. The minimum Gasteiger partial charge on any atom is -0.324 e. The fourth-order valence-corrected chi connectivity index (χ4v) is 2.82. The van der Waals surface area contributed by atoms with Crippen molar-refractivity contribution in [2.75, 3.05) is 0 Å². The van der Waals surface area contributed by atoms with Crippen molar-refractivity contribution in [3.8, 4) is 11.1 Å². The lowest BCUT2D eigenvalue weighted by Crippen LogP contribution is -2.06. The van der Waals surface area contributed by atoms with E-state index in [0.717, 1.165) is 0 Å². The number of hydrogen-bond acceptors (Lipinski definition) is 1. The van der Waals surface area contributed by atoms with E-state index in [1.54, 1.807) is 0 Å². The molecule has 100 valence electrons. The lowest BCUT2D eigenvalue weighted by molar-refractivity contribution is 0.820. The molecule has 1 heteroatoms. The van der Waals surface area contributed by atoms with E-state index >= 15 is 0 Å². The van der Waals surface area contributed by atoms with Crippen LogP contribution >= 0.6 is 0 Å². The summed E-state index contributed by atoms with van der Waals surface area (Å²) in [5.41, 5.74) is 11.1. The van der Waals surface area contributed by atoms with Gasteiger partial charge in [0, 0.05) is 6.04 Å².